The number of hydrogen-bond donors (Lipinski definition) is 1. The molecule has 2 saturated carbocycles. The fourth-order valence-corrected chi connectivity index (χ4v) is 6.07. The summed E-state index contributed by atoms with van der Waals surface area (Å²) in [7, 11) is 0. The molecule has 0 aromatic heterocycles. The molecule has 48 heavy (non-hydrogen) atoms. The lowest BCUT2D eigenvalue weighted by Gasteiger charge is -2.09. The van der Waals surface area contributed by atoms with Crippen LogP contribution in [0.2, 0.25) is 0 Å². The van der Waals surface area contributed by atoms with Crippen LogP contribution in [-0.2, 0) is 18.9 Å². The molecule has 9 heteroatoms. The molecule has 11 aliphatic rings. The maximum atomic E-state index is 5.07. The largest absolute Gasteiger partial charge is 0.381 e. The van der Waals surface area contributed by atoms with E-state index in [4.69, 9.17) is 14.2 Å². The second-order valence-corrected chi connectivity index (χ2v) is 18.0. The highest BCUT2D eigenvalue weighted by atomic mass is 32.2. The Morgan fingerprint density at radius 3 is 0.562 bits per heavy atom. The minimum Gasteiger partial charge on any atom is -0.381 e. The van der Waals surface area contributed by atoms with Gasteiger partial charge in [-0.1, -0.05) is 57.8 Å². The van der Waals surface area contributed by atoms with Gasteiger partial charge in [-0.2, -0.15) is 47.0 Å². The van der Waals surface area contributed by atoms with Gasteiger partial charge in [0.05, 0.1) is 13.2 Å². The second kappa shape index (κ2) is 44.4. The molecule has 0 atom stereocenters. The van der Waals surface area contributed by atoms with Crippen LogP contribution in [0.15, 0.2) is 0 Å². The van der Waals surface area contributed by atoms with E-state index in [-0.39, 0.29) is 0 Å². The number of ether oxygens (including phenoxy) is 4. The molecule has 1 N–H and O–H groups in total. The van der Waals surface area contributed by atoms with Gasteiger partial charge in [-0.05, 0) is 125 Å². The van der Waals surface area contributed by atoms with Crippen LogP contribution in [0.3, 0.4) is 0 Å². The second-order valence-electron chi connectivity index (χ2n) is 13.1. The third-order valence-electron chi connectivity index (χ3n) is 7.68. The van der Waals surface area contributed by atoms with E-state index in [9.17, 15) is 0 Å². The van der Waals surface area contributed by atoms with Gasteiger partial charge in [-0.25, -0.2) is 0 Å². The average molecular weight is 754 g/mol. The van der Waals surface area contributed by atoms with Gasteiger partial charge in [-0.15, -0.1) is 0 Å². The molecule has 11 fully saturated rings. The maximum absolute atomic E-state index is 5.07. The van der Waals surface area contributed by atoms with Gasteiger partial charge >= 0.3 is 0 Å². The Bertz CT molecular complexity index is 409. The van der Waals surface area contributed by atoms with Gasteiger partial charge in [0.15, 0.2) is 0 Å². The molecule has 11 rings (SSSR count). The monoisotopic (exact) mass is 753 g/mol. The lowest BCUT2D eigenvalue weighted by Crippen LogP contribution is -2.29. The van der Waals surface area contributed by atoms with Crippen LogP contribution in [0.25, 0.3) is 0 Å². The van der Waals surface area contributed by atoms with Crippen LogP contribution in [-0.4, -0.2) is 112 Å². The van der Waals surface area contributed by atoms with E-state index in [1.54, 1.807) is 0 Å². The first-order valence-corrected chi connectivity index (χ1v) is 24.9. The van der Waals surface area contributed by atoms with Crippen LogP contribution < -0.4 is 5.32 Å². The number of thioether (sulfide) groups is 4. The Hall–Kier alpha value is 1.20. The lowest BCUT2D eigenvalue weighted by atomic mass is 10.2. The Morgan fingerprint density at radius 2 is 0.458 bits per heavy atom. The zero-order valence-corrected chi connectivity index (χ0v) is 34.6. The average Bonchev–Trinajstić information content (AvgIpc) is 4.05. The summed E-state index contributed by atoms with van der Waals surface area (Å²) in [5.41, 5.74) is 0. The fraction of sp³-hybridized carbons (Fsp3) is 1.00. The normalized spacial score (nSPS) is 24.0. The van der Waals surface area contributed by atoms with Crippen molar-refractivity contribution in [1.82, 2.24) is 5.32 Å². The molecule has 0 spiro atoms. The van der Waals surface area contributed by atoms with Crippen LogP contribution >= 0.6 is 47.0 Å². The van der Waals surface area contributed by atoms with Crippen molar-refractivity contribution in [2.45, 2.75) is 135 Å². The van der Waals surface area contributed by atoms with Crippen molar-refractivity contribution in [2.24, 2.45) is 0 Å². The molecule has 288 valence electrons. The third-order valence-corrected chi connectivity index (χ3v) is 11.6. The standard InChI is InChI=1S/C5H10O.C5H10S.C5H10.C4H8O.C4H8S.C3H7N.C3H6O.C3H6S.C3H6.C2H4O.C2H4S/c2*1-2-4-6-5-3-1;3*1-2-4-5-3-1;3*1-2-4-3-1;3*1-2-3-1/h2*1-5H2;1-5H2;2*1-4H2;4H,1-3H2;2*1-3H2;1-3H2;2*1-2H2. The first-order chi connectivity index (χ1) is 24.0. The van der Waals surface area contributed by atoms with Crippen LogP contribution in [0.4, 0.5) is 0 Å². The van der Waals surface area contributed by atoms with Crippen LogP contribution in [0, 0.1) is 0 Å². The van der Waals surface area contributed by atoms with E-state index in [0.29, 0.717) is 0 Å². The van der Waals surface area contributed by atoms with Crippen molar-refractivity contribution in [2.75, 3.05) is 112 Å². The molecule has 0 radical (unpaired) electrons. The Morgan fingerprint density at radius 1 is 0.229 bits per heavy atom. The van der Waals surface area contributed by atoms with E-state index >= 15 is 0 Å². The Balaban J connectivity index is 0.000000266. The molecule has 0 amide bonds. The maximum Gasteiger partial charge on any atom is 0.0701 e. The predicted molar refractivity (Wildman–Crippen MR) is 222 cm³/mol. The molecule has 9 heterocycles. The fourth-order valence-electron chi connectivity index (χ4n) is 3.74. The molecule has 0 aromatic rings. The highest BCUT2D eigenvalue weighted by molar-refractivity contribution is 8.06. The first-order valence-electron chi connectivity index (χ1n) is 20.3. The van der Waals surface area contributed by atoms with Gasteiger partial charge < -0.3 is 24.3 Å². The highest BCUT2D eigenvalue weighted by Crippen LogP contribution is 2.17. The van der Waals surface area contributed by atoms with E-state index < -0.39 is 0 Å². The number of epoxide rings is 1. The molecule has 5 nitrogen and oxygen atoms in total. The minimum atomic E-state index is 1.00. The SMILES string of the molecule is C1CC1.C1CCCC1.C1CCOC1.C1CCOCC1.C1CCSC1.C1CCSCC1.C1CNC1.C1CO1.C1COC1.C1CS1.C1CSC1. The lowest BCUT2D eigenvalue weighted by molar-refractivity contribution is 0.0367. The van der Waals surface area contributed by atoms with E-state index in [0.717, 1.165) is 52.9 Å². The number of hydrogen-bond acceptors (Lipinski definition) is 9. The van der Waals surface area contributed by atoms with Gasteiger partial charge in [0.1, 0.15) is 0 Å². The predicted octanol–water partition coefficient (Wildman–Crippen LogP) is 10.8. The number of rotatable bonds is 0. The summed E-state index contributed by atoms with van der Waals surface area (Å²) in [6, 6.07) is 0. The summed E-state index contributed by atoms with van der Waals surface area (Å²) < 4.78 is 19.2. The molecular formula is C39H79NO4S4. The van der Waals surface area contributed by atoms with Crippen molar-refractivity contribution in [3.05, 3.63) is 0 Å². The van der Waals surface area contributed by atoms with E-state index in [1.165, 1.54) is 194 Å². The molecule has 0 unspecified atom stereocenters. The van der Waals surface area contributed by atoms with Crippen LogP contribution in [0.5, 0.6) is 0 Å². The number of nitrogens with one attached hydrogen (secondary N) is 1. The highest BCUT2D eigenvalue weighted by Gasteiger charge is 1.99. The van der Waals surface area contributed by atoms with Gasteiger partial charge in [0.25, 0.3) is 0 Å². The molecule has 0 aromatic carbocycles. The Labute approximate surface area is 316 Å². The summed E-state index contributed by atoms with van der Waals surface area (Å²) in [5.74, 6) is 11.3. The minimum absolute atomic E-state index is 1.00. The quantitative estimate of drug-likeness (QED) is 0.244. The first kappa shape index (κ1) is 47.2. The summed E-state index contributed by atoms with van der Waals surface area (Å²) in [6.45, 7) is 10.5. The molecule has 0 bridgehead atoms. The summed E-state index contributed by atoms with van der Waals surface area (Å²) in [5, 5.41) is 3.11. The van der Waals surface area contributed by atoms with Crippen molar-refractivity contribution < 1.29 is 18.9 Å². The van der Waals surface area contributed by atoms with Crippen molar-refractivity contribution in [1.29, 1.82) is 0 Å². The van der Waals surface area contributed by atoms with Gasteiger partial charge in [0.2, 0.25) is 0 Å². The van der Waals surface area contributed by atoms with Crippen LogP contribution in [0.1, 0.15) is 135 Å². The van der Waals surface area contributed by atoms with E-state index in [1.807, 2.05) is 23.5 Å². The third kappa shape index (κ3) is 54.0. The Kier molecular flexibility index (Phi) is 43.6. The molecule has 2 aliphatic carbocycles. The topological polar surface area (TPSA) is 52.2 Å². The van der Waals surface area contributed by atoms with Crippen molar-refractivity contribution in [3.63, 3.8) is 0 Å². The molecule has 9 saturated heterocycles. The zero-order valence-electron chi connectivity index (χ0n) is 31.3. The zero-order chi connectivity index (χ0) is 33.9. The molecule has 9 aliphatic heterocycles. The van der Waals surface area contributed by atoms with Crippen molar-refractivity contribution in [3.8, 4) is 0 Å². The van der Waals surface area contributed by atoms with Crippen molar-refractivity contribution >= 4 is 47.0 Å². The van der Waals surface area contributed by atoms with E-state index in [2.05, 4.69) is 33.6 Å². The summed E-state index contributed by atoms with van der Waals surface area (Å²) >= 11 is 8.21. The summed E-state index contributed by atoms with van der Waals surface area (Å²) in [4.78, 5) is 0. The van der Waals surface area contributed by atoms with Gasteiger partial charge in [-0.3, -0.25) is 0 Å². The van der Waals surface area contributed by atoms with Gasteiger partial charge in [0, 0.05) is 51.1 Å². The summed E-state index contributed by atoms with van der Waals surface area (Å²) in [6.07, 6.45) is 29.9. The smallest absolute Gasteiger partial charge is 0.0701 e. The molecular weight excluding hydrogens is 675 g/mol.